The van der Waals surface area contributed by atoms with E-state index in [0.717, 1.165) is 27.8 Å². The van der Waals surface area contributed by atoms with E-state index >= 15 is 0 Å². The summed E-state index contributed by atoms with van der Waals surface area (Å²) in [7, 11) is 0. The summed E-state index contributed by atoms with van der Waals surface area (Å²) in [6, 6.07) is 9.73. The van der Waals surface area contributed by atoms with E-state index in [0.29, 0.717) is 22.9 Å². The minimum absolute atomic E-state index is 0.0113. The Labute approximate surface area is 157 Å². The third-order valence-corrected chi connectivity index (χ3v) is 6.54. The Morgan fingerprint density at radius 2 is 1.77 bits per heavy atom. The number of hydrogen-bond donors (Lipinski definition) is 2. The molecule has 0 radical (unpaired) electrons. The number of anilines is 1. The Morgan fingerprint density at radius 1 is 1.15 bits per heavy atom. The quantitative estimate of drug-likeness (QED) is 0.750. The monoisotopic (exact) mass is 368 g/mol. The van der Waals surface area contributed by atoms with E-state index in [4.69, 9.17) is 5.73 Å². The van der Waals surface area contributed by atoms with Crippen LogP contribution in [0.2, 0.25) is 0 Å². The van der Waals surface area contributed by atoms with Crippen LogP contribution in [-0.4, -0.2) is 11.8 Å². The molecule has 0 spiro atoms. The lowest BCUT2D eigenvalue weighted by atomic mass is 9.94. The summed E-state index contributed by atoms with van der Waals surface area (Å²) in [5.74, 6) is 1.49. The van der Waals surface area contributed by atoms with Gasteiger partial charge in [0.05, 0.1) is 5.56 Å². The van der Waals surface area contributed by atoms with Crippen LogP contribution in [0.1, 0.15) is 47.3 Å². The fourth-order valence-corrected chi connectivity index (χ4v) is 5.08. The molecule has 1 aromatic carbocycles. The van der Waals surface area contributed by atoms with Crippen molar-refractivity contribution >= 4 is 28.2 Å². The molecule has 2 aliphatic carbocycles. The predicted molar refractivity (Wildman–Crippen MR) is 105 cm³/mol. The highest BCUT2D eigenvalue weighted by Gasteiger charge is 2.42. The first-order chi connectivity index (χ1) is 12.5. The fourth-order valence-electron chi connectivity index (χ4n) is 3.98. The third-order valence-electron chi connectivity index (χ3n) is 5.52. The molecule has 3 N–H and O–H groups in total. The number of amides is 2. The van der Waals surface area contributed by atoms with Crippen molar-refractivity contribution in [2.75, 3.05) is 5.32 Å². The van der Waals surface area contributed by atoms with Crippen LogP contribution in [-0.2, 0) is 4.79 Å². The second-order valence-corrected chi connectivity index (χ2v) is 8.78. The molecular formula is C21H24N2O2S. The fraction of sp³-hybridized carbons (Fsp3) is 0.429. The highest BCUT2D eigenvalue weighted by Crippen LogP contribution is 2.51. The maximum atomic E-state index is 12.7. The average Bonchev–Trinajstić information content (AvgIpc) is 3.52. The van der Waals surface area contributed by atoms with Crippen LogP contribution in [0.5, 0.6) is 0 Å². The number of carbonyl (C=O) groups is 2. The molecule has 2 amide bonds. The van der Waals surface area contributed by atoms with Crippen molar-refractivity contribution in [2.45, 2.75) is 39.0 Å². The maximum Gasteiger partial charge on any atom is 0.252 e. The number of hydrogen-bond acceptors (Lipinski definition) is 3. The highest BCUT2D eigenvalue weighted by molar-refractivity contribution is 7.17. The van der Waals surface area contributed by atoms with Gasteiger partial charge in [-0.3, -0.25) is 9.59 Å². The molecular weight excluding hydrogens is 344 g/mol. The molecule has 0 aliphatic heterocycles. The number of benzene rings is 1. The zero-order chi connectivity index (χ0) is 18.3. The molecule has 4 rings (SSSR count). The summed E-state index contributed by atoms with van der Waals surface area (Å²) >= 11 is 1.43. The van der Waals surface area contributed by atoms with E-state index in [1.165, 1.54) is 37.0 Å². The summed E-state index contributed by atoms with van der Waals surface area (Å²) in [6.45, 7) is 1.96. The lowest BCUT2D eigenvalue weighted by Crippen LogP contribution is -2.21. The van der Waals surface area contributed by atoms with Gasteiger partial charge in [-0.2, -0.15) is 0 Å². The van der Waals surface area contributed by atoms with Crippen molar-refractivity contribution in [2.24, 2.45) is 23.5 Å². The van der Waals surface area contributed by atoms with Crippen molar-refractivity contribution in [1.29, 1.82) is 0 Å². The number of rotatable bonds is 7. The molecule has 4 nitrogen and oxygen atoms in total. The Balaban J connectivity index is 1.58. The van der Waals surface area contributed by atoms with Crippen LogP contribution in [0.15, 0.2) is 30.3 Å². The molecule has 2 aliphatic rings. The van der Waals surface area contributed by atoms with E-state index in [1.807, 2.05) is 37.3 Å². The number of nitrogens with one attached hydrogen (secondary N) is 1. The summed E-state index contributed by atoms with van der Waals surface area (Å²) in [5.41, 5.74) is 7.89. The number of carbonyl (C=O) groups excluding carboxylic acids is 2. The first kappa shape index (κ1) is 17.3. The molecule has 0 atom stereocenters. The van der Waals surface area contributed by atoms with Crippen molar-refractivity contribution in [3.8, 4) is 11.1 Å². The van der Waals surface area contributed by atoms with E-state index in [2.05, 4.69) is 5.32 Å². The lowest BCUT2D eigenvalue weighted by Gasteiger charge is -2.15. The van der Waals surface area contributed by atoms with Gasteiger partial charge in [0.15, 0.2) is 0 Å². The summed E-state index contributed by atoms with van der Waals surface area (Å²) in [6.07, 6.45) is 5.61. The second kappa shape index (κ2) is 6.88. The standard InChI is InChI=1S/C21H24N2O2S/c1-12-18(15-5-3-2-4-6-15)19(20(22)25)21(26-12)23-17(24)11-16(13-7-8-13)14-9-10-14/h2-6,13-14,16H,7-11H2,1H3,(H2,22,25)(H,23,24). The van der Waals surface area contributed by atoms with Gasteiger partial charge in [0, 0.05) is 16.9 Å². The van der Waals surface area contributed by atoms with E-state index in [-0.39, 0.29) is 5.91 Å². The number of nitrogens with two attached hydrogens (primary N) is 1. The van der Waals surface area contributed by atoms with Crippen molar-refractivity contribution in [3.05, 3.63) is 40.8 Å². The molecule has 2 fully saturated rings. The molecule has 1 heterocycles. The minimum atomic E-state index is -0.496. The van der Waals surface area contributed by atoms with E-state index in [9.17, 15) is 9.59 Å². The molecule has 2 aromatic rings. The maximum absolute atomic E-state index is 12.7. The Bertz CT molecular complexity index is 823. The van der Waals surface area contributed by atoms with Crippen LogP contribution in [0, 0.1) is 24.7 Å². The number of thiophene rings is 1. The normalized spacial score (nSPS) is 16.7. The molecule has 1 aromatic heterocycles. The van der Waals surface area contributed by atoms with Crippen molar-refractivity contribution in [3.63, 3.8) is 0 Å². The van der Waals surface area contributed by atoms with Gasteiger partial charge in [-0.05, 0) is 55.9 Å². The molecule has 2 saturated carbocycles. The van der Waals surface area contributed by atoms with Gasteiger partial charge in [0.25, 0.3) is 5.91 Å². The first-order valence-corrected chi connectivity index (χ1v) is 10.1. The van der Waals surface area contributed by atoms with Gasteiger partial charge in [-0.15, -0.1) is 11.3 Å². The lowest BCUT2D eigenvalue weighted by molar-refractivity contribution is -0.117. The number of primary amides is 1. The SMILES string of the molecule is Cc1sc(NC(=O)CC(C2CC2)C2CC2)c(C(N)=O)c1-c1ccccc1. The smallest absolute Gasteiger partial charge is 0.252 e. The van der Waals surface area contributed by atoms with E-state index < -0.39 is 5.91 Å². The third kappa shape index (κ3) is 3.54. The van der Waals surface area contributed by atoms with Crippen molar-refractivity contribution < 1.29 is 9.59 Å². The summed E-state index contributed by atoms with van der Waals surface area (Å²) in [5, 5.41) is 3.58. The first-order valence-electron chi connectivity index (χ1n) is 9.33. The molecule has 0 unspecified atom stereocenters. The predicted octanol–water partition coefficient (Wildman–Crippen LogP) is 4.59. The van der Waals surface area contributed by atoms with Gasteiger partial charge < -0.3 is 11.1 Å². The molecule has 136 valence electrons. The molecule has 0 saturated heterocycles. The van der Waals surface area contributed by atoms with Crippen molar-refractivity contribution in [1.82, 2.24) is 0 Å². The topological polar surface area (TPSA) is 72.2 Å². The zero-order valence-corrected chi connectivity index (χ0v) is 15.8. The largest absolute Gasteiger partial charge is 0.365 e. The van der Waals surface area contributed by atoms with Crippen LogP contribution < -0.4 is 11.1 Å². The Morgan fingerprint density at radius 3 is 2.31 bits per heavy atom. The molecule has 26 heavy (non-hydrogen) atoms. The van der Waals surface area contributed by atoms with Gasteiger partial charge in [0.1, 0.15) is 5.00 Å². The highest BCUT2D eigenvalue weighted by atomic mass is 32.1. The van der Waals surface area contributed by atoms with Gasteiger partial charge in [-0.1, -0.05) is 30.3 Å². The summed E-state index contributed by atoms with van der Waals surface area (Å²) in [4.78, 5) is 25.8. The van der Waals surface area contributed by atoms with Crippen LogP contribution >= 0.6 is 11.3 Å². The van der Waals surface area contributed by atoms with Gasteiger partial charge in [0.2, 0.25) is 5.91 Å². The Kier molecular flexibility index (Phi) is 4.57. The van der Waals surface area contributed by atoms with Gasteiger partial charge >= 0.3 is 0 Å². The average molecular weight is 369 g/mol. The van der Waals surface area contributed by atoms with E-state index in [1.54, 1.807) is 0 Å². The number of aryl methyl sites for hydroxylation is 1. The van der Waals surface area contributed by atoms with Crippen LogP contribution in [0.4, 0.5) is 5.00 Å². The summed E-state index contributed by atoms with van der Waals surface area (Å²) < 4.78 is 0. The zero-order valence-electron chi connectivity index (χ0n) is 15.0. The molecule has 0 bridgehead atoms. The van der Waals surface area contributed by atoms with Gasteiger partial charge in [-0.25, -0.2) is 0 Å². The van der Waals surface area contributed by atoms with Crippen LogP contribution in [0.3, 0.4) is 0 Å². The molecule has 5 heteroatoms. The minimum Gasteiger partial charge on any atom is -0.365 e. The van der Waals surface area contributed by atoms with Crippen LogP contribution in [0.25, 0.3) is 11.1 Å². The Hall–Kier alpha value is -2.14. The second-order valence-electron chi connectivity index (χ2n) is 7.56.